The zero-order chi connectivity index (χ0) is 22.1. The monoisotopic (exact) mass is 437 g/mol. The zero-order valence-corrected chi connectivity index (χ0v) is 19.2. The predicted octanol–water partition coefficient (Wildman–Crippen LogP) is 3.98. The number of likely N-dealkylation sites (N-methyl/N-ethyl adjacent to an activating group) is 1. The molecule has 1 aliphatic heterocycles. The van der Waals surface area contributed by atoms with Gasteiger partial charge in [-0.25, -0.2) is 4.98 Å². The highest BCUT2D eigenvalue weighted by atomic mass is 35.5. The third kappa shape index (κ3) is 4.05. The molecule has 1 aliphatic carbocycles. The molecule has 1 aromatic carbocycles. The molecular weight excluding hydrogens is 410 g/mol. The Morgan fingerprint density at radius 3 is 2.84 bits per heavy atom. The van der Waals surface area contributed by atoms with E-state index in [1.807, 2.05) is 42.9 Å². The van der Waals surface area contributed by atoms with Crippen molar-refractivity contribution in [1.82, 2.24) is 19.8 Å². The summed E-state index contributed by atoms with van der Waals surface area (Å²) in [6.45, 7) is 3.79. The number of nitrogens with one attached hydrogen (secondary N) is 2. The van der Waals surface area contributed by atoms with E-state index in [-0.39, 0.29) is 5.91 Å². The van der Waals surface area contributed by atoms with Gasteiger partial charge in [-0.3, -0.25) is 4.79 Å². The number of amides is 1. The summed E-state index contributed by atoms with van der Waals surface area (Å²) < 4.78 is 1.91. The van der Waals surface area contributed by atoms with Crippen LogP contribution in [0.4, 0.5) is 5.69 Å². The lowest BCUT2D eigenvalue weighted by Crippen LogP contribution is -2.27. The van der Waals surface area contributed by atoms with Gasteiger partial charge in [-0.2, -0.15) is 0 Å². The van der Waals surface area contributed by atoms with Crippen LogP contribution in [0.3, 0.4) is 0 Å². The van der Waals surface area contributed by atoms with Crippen molar-refractivity contribution in [1.29, 1.82) is 0 Å². The first-order chi connectivity index (χ1) is 14.9. The van der Waals surface area contributed by atoms with Crippen molar-refractivity contribution in [3.05, 3.63) is 75.5 Å². The molecule has 4 rings (SSSR count). The number of aromatic nitrogens is 2. The molecular formula is C24H28ClN5O. The molecule has 2 aromatic rings. The summed E-state index contributed by atoms with van der Waals surface area (Å²) in [6.07, 6.45) is 7.59. The molecule has 0 saturated heterocycles. The van der Waals surface area contributed by atoms with Gasteiger partial charge in [0.15, 0.2) is 5.82 Å². The van der Waals surface area contributed by atoms with E-state index in [1.165, 1.54) is 0 Å². The van der Waals surface area contributed by atoms with Crippen molar-refractivity contribution in [2.75, 3.05) is 26.0 Å². The van der Waals surface area contributed by atoms with E-state index < -0.39 is 0 Å². The summed E-state index contributed by atoms with van der Waals surface area (Å²) in [5.41, 5.74) is 6.80. The highest BCUT2D eigenvalue weighted by molar-refractivity contribution is 6.37. The number of fused-ring (bicyclic) bond motifs is 1. The number of imidazole rings is 1. The van der Waals surface area contributed by atoms with Gasteiger partial charge >= 0.3 is 0 Å². The minimum Gasteiger partial charge on any atom is -0.388 e. The molecule has 0 bridgehead atoms. The Bertz CT molecular complexity index is 1130. The quantitative estimate of drug-likeness (QED) is 0.759. The van der Waals surface area contributed by atoms with Crippen LogP contribution in [-0.4, -0.2) is 41.0 Å². The maximum absolute atomic E-state index is 13.1. The first kappa shape index (κ1) is 21.4. The lowest BCUT2D eigenvalue weighted by atomic mass is 9.97. The second-order valence-corrected chi connectivity index (χ2v) is 8.42. The number of hydrogen-bond donors (Lipinski definition) is 2. The topological polar surface area (TPSA) is 62.2 Å². The fourth-order valence-corrected chi connectivity index (χ4v) is 4.53. The molecule has 2 heterocycles. The molecule has 2 N–H and O–H groups in total. The van der Waals surface area contributed by atoms with Crippen LogP contribution in [-0.2, 0) is 20.0 Å². The van der Waals surface area contributed by atoms with Crippen LogP contribution in [0, 0.1) is 6.92 Å². The number of anilines is 1. The number of benzene rings is 1. The highest BCUT2D eigenvalue weighted by Gasteiger charge is 2.25. The minimum atomic E-state index is -0.251. The third-order valence-electron chi connectivity index (χ3n) is 6.01. The molecule has 0 atom stereocenters. The molecule has 0 fully saturated rings. The summed E-state index contributed by atoms with van der Waals surface area (Å²) in [5, 5.41) is 6.74. The number of carbonyl (C=O) groups is 1. The third-order valence-corrected chi connectivity index (χ3v) is 6.41. The Balaban J connectivity index is 1.66. The molecule has 7 heteroatoms. The van der Waals surface area contributed by atoms with E-state index in [4.69, 9.17) is 11.6 Å². The Hall–Kier alpha value is -2.83. The van der Waals surface area contributed by atoms with E-state index in [9.17, 15) is 4.79 Å². The fraction of sp³-hybridized carbons (Fsp3) is 0.333. The Morgan fingerprint density at radius 2 is 2.06 bits per heavy atom. The smallest absolute Gasteiger partial charge is 0.291 e. The maximum Gasteiger partial charge on any atom is 0.291 e. The van der Waals surface area contributed by atoms with Gasteiger partial charge in [0, 0.05) is 45.0 Å². The fourth-order valence-electron chi connectivity index (χ4n) is 4.24. The first-order valence-electron chi connectivity index (χ1n) is 10.5. The Morgan fingerprint density at radius 1 is 1.26 bits per heavy atom. The van der Waals surface area contributed by atoms with Gasteiger partial charge in [-0.1, -0.05) is 35.9 Å². The molecule has 1 amide bonds. The van der Waals surface area contributed by atoms with Gasteiger partial charge in [-0.05, 0) is 49.2 Å². The average Bonchev–Trinajstić information content (AvgIpc) is 2.97. The van der Waals surface area contributed by atoms with Crippen molar-refractivity contribution in [3.63, 3.8) is 0 Å². The molecule has 0 unspecified atom stereocenters. The second-order valence-electron chi connectivity index (χ2n) is 8.04. The first-order valence-corrected chi connectivity index (χ1v) is 10.9. The molecule has 6 nitrogen and oxygen atoms in total. The van der Waals surface area contributed by atoms with Gasteiger partial charge in [0.1, 0.15) is 0 Å². The van der Waals surface area contributed by atoms with E-state index in [1.54, 1.807) is 0 Å². The average molecular weight is 438 g/mol. The van der Waals surface area contributed by atoms with Crippen molar-refractivity contribution in [3.8, 4) is 0 Å². The van der Waals surface area contributed by atoms with Gasteiger partial charge in [-0.15, -0.1) is 0 Å². The van der Waals surface area contributed by atoms with Crippen LogP contribution in [0.25, 0.3) is 5.57 Å². The van der Waals surface area contributed by atoms with Crippen LogP contribution < -0.4 is 10.6 Å². The van der Waals surface area contributed by atoms with E-state index in [0.29, 0.717) is 16.6 Å². The summed E-state index contributed by atoms with van der Waals surface area (Å²) in [5.74, 6) is 0.160. The van der Waals surface area contributed by atoms with Gasteiger partial charge < -0.3 is 20.1 Å². The number of hydrogen-bond acceptors (Lipinski definition) is 4. The van der Waals surface area contributed by atoms with Crippen LogP contribution in [0.5, 0.6) is 0 Å². The normalized spacial score (nSPS) is 16.6. The molecule has 162 valence electrons. The van der Waals surface area contributed by atoms with Crippen LogP contribution in [0.2, 0.25) is 0 Å². The second kappa shape index (κ2) is 8.73. The van der Waals surface area contributed by atoms with Gasteiger partial charge in [0.05, 0.1) is 16.4 Å². The van der Waals surface area contributed by atoms with Crippen LogP contribution >= 0.6 is 11.6 Å². The van der Waals surface area contributed by atoms with Crippen LogP contribution in [0.15, 0.2) is 47.2 Å². The Kier molecular flexibility index (Phi) is 6.03. The molecule has 0 spiro atoms. The minimum absolute atomic E-state index is 0.251. The zero-order valence-electron chi connectivity index (χ0n) is 18.4. The number of carbonyl (C=O) groups excluding carboxylic acids is 1. The number of rotatable bonds is 4. The molecule has 31 heavy (non-hydrogen) atoms. The van der Waals surface area contributed by atoms with Crippen molar-refractivity contribution in [2.24, 2.45) is 7.05 Å². The molecule has 0 radical (unpaired) electrons. The summed E-state index contributed by atoms with van der Waals surface area (Å²) in [7, 11) is 5.88. The van der Waals surface area contributed by atoms with Crippen molar-refractivity contribution in [2.45, 2.75) is 26.3 Å². The summed E-state index contributed by atoms with van der Waals surface area (Å²) in [4.78, 5) is 20.0. The largest absolute Gasteiger partial charge is 0.388 e. The maximum atomic E-state index is 13.1. The molecule has 1 aromatic heterocycles. The number of halogens is 1. The number of allylic oxidation sites excluding steroid dienone is 5. The van der Waals surface area contributed by atoms with Crippen molar-refractivity contribution < 1.29 is 4.79 Å². The lowest BCUT2D eigenvalue weighted by Gasteiger charge is -2.21. The van der Waals surface area contributed by atoms with Gasteiger partial charge in [0.25, 0.3) is 5.91 Å². The van der Waals surface area contributed by atoms with E-state index in [0.717, 1.165) is 59.7 Å². The number of nitrogens with zero attached hydrogens (tertiary/aromatic N) is 3. The standard InChI is InChI=1S/C24H28ClN5O/c1-15-16(9-7-11-18(15)26-2)17-8-5-6-10-19(22(17)25)28-24(31)23-27-20-14-29(3)13-12-21(20)30(23)4/h6-11,26H,5,12-14H2,1-4H3,(H,28,31). The summed E-state index contributed by atoms with van der Waals surface area (Å²) in [6, 6.07) is 6.10. The highest BCUT2D eigenvalue weighted by Crippen LogP contribution is 2.35. The van der Waals surface area contributed by atoms with Gasteiger partial charge in [0.2, 0.25) is 0 Å². The van der Waals surface area contributed by atoms with E-state index >= 15 is 0 Å². The Labute approximate surface area is 188 Å². The van der Waals surface area contributed by atoms with E-state index in [2.05, 4.69) is 46.6 Å². The SMILES string of the molecule is CNc1cccc(C2=CCC=CC(NC(=O)c3nc4c(n3C)CCN(C)C4)=C2Cl)c1C. The molecule has 2 aliphatic rings. The summed E-state index contributed by atoms with van der Waals surface area (Å²) >= 11 is 6.84. The van der Waals surface area contributed by atoms with Crippen molar-refractivity contribution >= 4 is 28.8 Å². The van der Waals surface area contributed by atoms with Crippen LogP contribution in [0.1, 0.15) is 39.6 Å². The molecule has 0 saturated carbocycles. The predicted molar refractivity (Wildman–Crippen MR) is 126 cm³/mol. The lowest BCUT2D eigenvalue weighted by molar-refractivity contribution is 0.0953.